The number of rotatable bonds is 6. The average Bonchev–Trinajstić information content (AvgIpc) is 2.60. The zero-order chi connectivity index (χ0) is 17.5. The second-order valence-electron chi connectivity index (χ2n) is 6.04. The van der Waals surface area contributed by atoms with Gasteiger partial charge in [0.15, 0.2) is 0 Å². The van der Waals surface area contributed by atoms with Crippen LogP contribution in [0.3, 0.4) is 0 Å². The van der Waals surface area contributed by atoms with Crippen molar-refractivity contribution in [2.45, 2.75) is 19.9 Å². The number of pyridine rings is 1. The van der Waals surface area contributed by atoms with Crippen LogP contribution in [-0.4, -0.2) is 55.7 Å². The molecule has 132 valence electrons. The molecule has 1 atom stereocenters. The summed E-state index contributed by atoms with van der Waals surface area (Å²) in [7, 11) is 0. The monoisotopic (exact) mass is 335 g/mol. The molecule has 0 unspecified atom stereocenters. The van der Waals surface area contributed by atoms with E-state index < -0.39 is 6.04 Å². The minimum Gasteiger partial charge on any atom is -0.378 e. The number of amides is 2. The van der Waals surface area contributed by atoms with Crippen molar-refractivity contribution in [3.05, 3.63) is 18.3 Å². The normalized spacial score (nSPS) is 15.9. The van der Waals surface area contributed by atoms with Crippen molar-refractivity contribution in [3.8, 4) is 0 Å². The van der Waals surface area contributed by atoms with Gasteiger partial charge in [0.2, 0.25) is 11.8 Å². The van der Waals surface area contributed by atoms with Crippen LogP contribution in [0.4, 0.5) is 11.5 Å². The lowest BCUT2D eigenvalue weighted by Gasteiger charge is -2.28. The van der Waals surface area contributed by atoms with Gasteiger partial charge in [0.25, 0.3) is 0 Å². The summed E-state index contributed by atoms with van der Waals surface area (Å²) < 4.78 is 5.31. The van der Waals surface area contributed by atoms with Gasteiger partial charge in [-0.1, -0.05) is 13.8 Å². The summed E-state index contributed by atoms with van der Waals surface area (Å²) in [5, 5.41) is 5.17. The van der Waals surface area contributed by atoms with Crippen LogP contribution in [-0.2, 0) is 14.3 Å². The molecule has 2 heterocycles. The predicted molar refractivity (Wildman–Crippen MR) is 91.7 cm³/mol. The fourth-order valence-electron chi connectivity index (χ4n) is 2.24. The first-order chi connectivity index (χ1) is 11.5. The average molecular weight is 335 g/mol. The molecule has 24 heavy (non-hydrogen) atoms. The number of aromatic nitrogens is 1. The number of ether oxygens (including phenoxy) is 1. The SMILES string of the molecule is CC(C)[C@H](N)C(=O)NCC(=O)Nc1ccc(N2CCOCC2)cn1. The molecule has 2 rings (SSSR count). The van der Waals surface area contributed by atoms with Crippen LogP contribution >= 0.6 is 0 Å². The van der Waals surface area contributed by atoms with Gasteiger partial charge in [0.05, 0.1) is 37.7 Å². The van der Waals surface area contributed by atoms with Crippen molar-refractivity contribution in [1.82, 2.24) is 10.3 Å². The van der Waals surface area contributed by atoms with Gasteiger partial charge >= 0.3 is 0 Å². The molecule has 8 nitrogen and oxygen atoms in total. The van der Waals surface area contributed by atoms with E-state index in [0.29, 0.717) is 19.0 Å². The number of carbonyl (C=O) groups excluding carboxylic acids is 2. The van der Waals surface area contributed by atoms with Gasteiger partial charge in [-0.15, -0.1) is 0 Å². The Labute approximate surface area is 141 Å². The summed E-state index contributed by atoms with van der Waals surface area (Å²) in [6, 6.07) is 3.02. The van der Waals surface area contributed by atoms with E-state index in [1.807, 2.05) is 19.9 Å². The van der Waals surface area contributed by atoms with Gasteiger partial charge in [-0.2, -0.15) is 0 Å². The summed E-state index contributed by atoms with van der Waals surface area (Å²) in [5.41, 5.74) is 6.71. The first kappa shape index (κ1) is 18.2. The van der Waals surface area contributed by atoms with Gasteiger partial charge in [0, 0.05) is 13.1 Å². The topological polar surface area (TPSA) is 110 Å². The molecule has 1 aromatic rings. The maximum absolute atomic E-state index is 11.9. The minimum absolute atomic E-state index is 0.0162. The predicted octanol–water partition coefficient (Wildman–Crippen LogP) is -0.0438. The Balaban J connectivity index is 1.80. The number of anilines is 2. The lowest BCUT2D eigenvalue weighted by atomic mass is 10.1. The van der Waals surface area contributed by atoms with Crippen LogP contribution in [0.2, 0.25) is 0 Å². The summed E-state index contributed by atoms with van der Waals surface area (Å²) in [5.74, 6) is -0.219. The van der Waals surface area contributed by atoms with Crippen molar-refractivity contribution in [2.75, 3.05) is 43.1 Å². The van der Waals surface area contributed by atoms with Crippen LogP contribution in [0.25, 0.3) is 0 Å². The number of morpholine rings is 1. The number of nitrogens with zero attached hydrogens (tertiary/aromatic N) is 2. The smallest absolute Gasteiger partial charge is 0.244 e. The highest BCUT2D eigenvalue weighted by Gasteiger charge is 2.17. The van der Waals surface area contributed by atoms with Gasteiger partial charge in [-0.05, 0) is 18.1 Å². The summed E-state index contributed by atoms with van der Waals surface area (Å²) in [6.45, 7) is 6.64. The Bertz CT molecular complexity index is 555. The maximum Gasteiger partial charge on any atom is 0.244 e. The van der Waals surface area contributed by atoms with Gasteiger partial charge in [-0.25, -0.2) is 4.98 Å². The Morgan fingerprint density at radius 3 is 2.62 bits per heavy atom. The van der Waals surface area contributed by atoms with E-state index in [1.54, 1.807) is 12.3 Å². The number of nitrogens with one attached hydrogen (secondary N) is 2. The van der Waals surface area contributed by atoms with E-state index in [0.717, 1.165) is 18.8 Å². The fourth-order valence-corrected chi connectivity index (χ4v) is 2.24. The van der Waals surface area contributed by atoms with Crippen molar-refractivity contribution in [2.24, 2.45) is 11.7 Å². The Hall–Kier alpha value is -2.19. The third-order valence-electron chi connectivity index (χ3n) is 3.84. The molecule has 0 radical (unpaired) electrons. The molecule has 0 aliphatic carbocycles. The van der Waals surface area contributed by atoms with E-state index in [9.17, 15) is 9.59 Å². The molecule has 0 saturated carbocycles. The summed E-state index contributed by atoms with van der Waals surface area (Å²) >= 11 is 0. The highest BCUT2D eigenvalue weighted by molar-refractivity contribution is 5.94. The second-order valence-corrected chi connectivity index (χ2v) is 6.04. The van der Waals surface area contributed by atoms with Crippen molar-refractivity contribution in [3.63, 3.8) is 0 Å². The molecule has 0 aromatic carbocycles. The Morgan fingerprint density at radius 1 is 1.33 bits per heavy atom. The van der Waals surface area contributed by atoms with Crippen LogP contribution in [0.15, 0.2) is 18.3 Å². The molecule has 1 saturated heterocycles. The highest BCUT2D eigenvalue weighted by atomic mass is 16.5. The Kier molecular flexibility index (Phi) is 6.51. The van der Waals surface area contributed by atoms with E-state index in [4.69, 9.17) is 10.5 Å². The van der Waals surface area contributed by atoms with Gasteiger partial charge in [-0.3, -0.25) is 9.59 Å². The molecule has 1 aliphatic rings. The van der Waals surface area contributed by atoms with Crippen molar-refractivity contribution < 1.29 is 14.3 Å². The molecule has 2 amide bonds. The molecule has 4 N–H and O–H groups in total. The number of hydrogen-bond donors (Lipinski definition) is 3. The van der Waals surface area contributed by atoms with E-state index in [2.05, 4.69) is 20.5 Å². The first-order valence-electron chi connectivity index (χ1n) is 8.09. The maximum atomic E-state index is 11.9. The minimum atomic E-state index is -0.622. The third-order valence-corrected chi connectivity index (χ3v) is 3.84. The van der Waals surface area contributed by atoms with Crippen molar-refractivity contribution >= 4 is 23.3 Å². The number of hydrogen-bond acceptors (Lipinski definition) is 6. The van der Waals surface area contributed by atoms with E-state index in [1.165, 1.54) is 0 Å². The third kappa shape index (κ3) is 5.17. The highest BCUT2D eigenvalue weighted by Crippen LogP contribution is 2.16. The largest absolute Gasteiger partial charge is 0.378 e. The molecule has 8 heteroatoms. The number of nitrogens with two attached hydrogens (primary N) is 1. The van der Waals surface area contributed by atoms with E-state index >= 15 is 0 Å². The lowest BCUT2D eigenvalue weighted by molar-refractivity contribution is -0.125. The van der Waals surface area contributed by atoms with Crippen LogP contribution in [0.1, 0.15) is 13.8 Å². The zero-order valence-electron chi connectivity index (χ0n) is 14.1. The van der Waals surface area contributed by atoms with Crippen LogP contribution in [0, 0.1) is 5.92 Å². The molecular formula is C16H25N5O3. The van der Waals surface area contributed by atoms with Gasteiger partial charge in [0.1, 0.15) is 5.82 Å². The lowest BCUT2D eigenvalue weighted by Crippen LogP contribution is -2.46. The van der Waals surface area contributed by atoms with Crippen molar-refractivity contribution in [1.29, 1.82) is 0 Å². The second kappa shape index (κ2) is 8.60. The van der Waals surface area contributed by atoms with Gasteiger partial charge < -0.3 is 26.0 Å². The zero-order valence-corrected chi connectivity index (χ0v) is 14.1. The van der Waals surface area contributed by atoms with Crippen LogP contribution < -0.4 is 21.3 Å². The molecular weight excluding hydrogens is 310 g/mol. The summed E-state index contributed by atoms with van der Waals surface area (Å²) in [6.07, 6.45) is 1.72. The number of carbonyl (C=O) groups is 2. The molecule has 1 fully saturated rings. The molecule has 0 bridgehead atoms. The quantitative estimate of drug-likeness (QED) is 0.673. The van der Waals surface area contributed by atoms with E-state index in [-0.39, 0.29) is 24.3 Å². The van der Waals surface area contributed by atoms with Crippen LogP contribution in [0.5, 0.6) is 0 Å². The first-order valence-corrected chi connectivity index (χ1v) is 8.09. The molecule has 1 aromatic heterocycles. The standard InChI is InChI=1S/C16H25N5O3/c1-11(2)15(17)16(23)19-10-14(22)20-13-4-3-12(9-18-13)21-5-7-24-8-6-21/h3-4,9,11,15H,5-8,10,17H2,1-2H3,(H,19,23)(H,18,20,22)/t15-/m0/s1. The molecule has 1 aliphatic heterocycles. The summed E-state index contributed by atoms with van der Waals surface area (Å²) in [4.78, 5) is 30.0. The molecule has 0 spiro atoms. The Morgan fingerprint density at radius 2 is 2.04 bits per heavy atom. The fraction of sp³-hybridized carbons (Fsp3) is 0.562.